The van der Waals surface area contributed by atoms with Gasteiger partial charge in [-0.3, -0.25) is 4.98 Å². The zero-order valence-corrected chi connectivity index (χ0v) is 21.3. The fourth-order valence-electron chi connectivity index (χ4n) is 4.31. The molecule has 1 aliphatic heterocycles. The van der Waals surface area contributed by atoms with Gasteiger partial charge in [0.15, 0.2) is 0 Å². The number of carbonyl (C=O) groups is 1. The summed E-state index contributed by atoms with van der Waals surface area (Å²) in [7, 11) is 0. The number of carbonyl (C=O) groups excluding carboxylic acids is 1. The Labute approximate surface area is 219 Å². The van der Waals surface area contributed by atoms with Crippen LogP contribution >= 0.6 is 22.6 Å². The number of aromatic nitrogens is 1. The van der Waals surface area contributed by atoms with Gasteiger partial charge < -0.3 is 15.4 Å². The van der Waals surface area contributed by atoms with E-state index in [1.807, 2.05) is 6.07 Å². The van der Waals surface area contributed by atoms with Crippen molar-refractivity contribution in [3.05, 3.63) is 98.6 Å². The first-order valence-electron chi connectivity index (χ1n) is 11.4. The average Bonchev–Trinajstić information content (AvgIpc) is 2.84. The zero-order chi connectivity index (χ0) is 25.8. The summed E-state index contributed by atoms with van der Waals surface area (Å²) >= 11 is 2.06. The van der Waals surface area contributed by atoms with E-state index in [4.69, 9.17) is 4.74 Å². The van der Waals surface area contributed by atoms with Crippen molar-refractivity contribution < 1.29 is 27.1 Å². The molecule has 0 aliphatic carbocycles. The first-order valence-corrected chi connectivity index (χ1v) is 12.4. The number of benzene rings is 2. The van der Waals surface area contributed by atoms with Crippen LogP contribution in [0.3, 0.4) is 0 Å². The fourth-order valence-corrected chi connectivity index (χ4v) is 4.63. The van der Waals surface area contributed by atoms with Gasteiger partial charge in [-0.05, 0) is 76.9 Å². The number of pyridine rings is 1. The van der Waals surface area contributed by atoms with E-state index >= 15 is 0 Å². The number of urea groups is 1. The lowest BCUT2D eigenvalue weighted by Gasteiger charge is -2.36. The highest BCUT2D eigenvalue weighted by Crippen LogP contribution is 2.37. The van der Waals surface area contributed by atoms with E-state index in [9.17, 15) is 22.4 Å². The van der Waals surface area contributed by atoms with Gasteiger partial charge in [-0.2, -0.15) is 13.2 Å². The number of alkyl halides is 3. The lowest BCUT2D eigenvalue weighted by atomic mass is 9.79. The van der Waals surface area contributed by atoms with Crippen LogP contribution in [0, 0.1) is 9.39 Å². The van der Waals surface area contributed by atoms with Gasteiger partial charge in [-0.25, -0.2) is 9.18 Å². The van der Waals surface area contributed by atoms with Crippen LogP contribution in [0.15, 0.2) is 66.9 Å². The fraction of sp³-hybridized carbons (Fsp3) is 0.308. The highest BCUT2D eigenvalue weighted by Gasteiger charge is 2.41. The number of amides is 2. The summed E-state index contributed by atoms with van der Waals surface area (Å²) in [5.41, 5.74) is -1.79. The molecule has 4 rings (SSSR count). The van der Waals surface area contributed by atoms with Crippen molar-refractivity contribution in [1.29, 1.82) is 0 Å². The molecule has 0 saturated carbocycles. The maximum Gasteiger partial charge on any atom is 0.416 e. The Morgan fingerprint density at radius 1 is 1.03 bits per heavy atom. The molecule has 1 saturated heterocycles. The molecule has 2 N–H and O–H groups in total. The number of ether oxygens (including phenoxy) is 1. The largest absolute Gasteiger partial charge is 0.416 e. The molecule has 0 radical (unpaired) electrons. The van der Waals surface area contributed by atoms with E-state index in [0.29, 0.717) is 32.1 Å². The first kappa shape index (κ1) is 26.3. The van der Waals surface area contributed by atoms with E-state index in [1.165, 1.54) is 0 Å². The van der Waals surface area contributed by atoms with Gasteiger partial charge in [0.05, 0.1) is 11.3 Å². The molecule has 0 spiro atoms. The molecule has 1 fully saturated rings. The maximum absolute atomic E-state index is 14.7. The SMILES string of the molecule is O=C(NC1CCOCC1)N[C@](Cc1ccccc1)(c1cc(F)cc(C(F)(F)F)c1)c1ccc(I)cn1. The summed E-state index contributed by atoms with van der Waals surface area (Å²) in [5.74, 6) is -1.06. The lowest BCUT2D eigenvalue weighted by molar-refractivity contribution is -0.137. The molecule has 3 aromatic rings. The van der Waals surface area contributed by atoms with Crippen molar-refractivity contribution in [3.8, 4) is 0 Å². The number of nitrogens with zero attached hydrogens (tertiary/aromatic N) is 1. The van der Waals surface area contributed by atoms with E-state index in [-0.39, 0.29) is 23.7 Å². The summed E-state index contributed by atoms with van der Waals surface area (Å²) in [5, 5.41) is 5.79. The maximum atomic E-state index is 14.7. The van der Waals surface area contributed by atoms with Crippen molar-refractivity contribution in [1.82, 2.24) is 15.6 Å². The summed E-state index contributed by atoms with van der Waals surface area (Å²) in [6.45, 7) is 0.995. The Bertz CT molecular complexity index is 1190. The second-order valence-corrected chi connectivity index (χ2v) is 9.89. The predicted molar refractivity (Wildman–Crippen MR) is 135 cm³/mol. The molecule has 1 atom stereocenters. The molecule has 1 aromatic heterocycles. The lowest BCUT2D eigenvalue weighted by Crippen LogP contribution is -2.55. The molecule has 36 heavy (non-hydrogen) atoms. The molecule has 1 aliphatic rings. The van der Waals surface area contributed by atoms with Crippen molar-refractivity contribution in [2.45, 2.75) is 37.0 Å². The third-order valence-corrected chi connectivity index (χ3v) is 6.72. The van der Waals surface area contributed by atoms with Crippen LogP contribution in [0.1, 0.15) is 35.2 Å². The third kappa shape index (κ3) is 6.33. The Balaban J connectivity index is 1.86. The molecular weight excluding hydrogens is 589 g/mol. The second-order valence-electron chi connectivity index (χ2n) is 8.64. The Hall–Kier alpha value is -2.73. The zero-order valence-electron chi connectivity index (χ0n) is 19.1. The van der Waals surface area contributed by atoms with Crippen molar-refractivity contribution in [2.24, 2.45) is 0 Å². The van der Waals surface area contributed by atoms with Gasteiger partial charge in [-0.15, -0.1) is 0 Å². The minimum atomic E-state index is -4.78. The van der Waals surface area contributed by atoms with Gasteiger partial charge in [0.2, 0.25) is 0 Å². The Kier molecular flexibility index (Phi) is 8.13. The summed E-state index contributed by atoms with van der Waals surface area (Å²) in [4.78, 5) is 17.8. The van der Waals surface area contributed by atoms with Crippen LogP contribution in [-0.4, -0.2) is 30.3 Å². The first-order chi connectivity index (χ1) is 17.2. The molecule has 0 bridgehead atoms. The number of hydrogen-bond acceptors (Lipinski definition) is 3. The van der Waals surface area contributed by atoms with Crippen molar-refractivity contribution in [2.75, 3.05) is 13.2 Å². The van der Waals surface area contributed by atoms with Crippen LogP contribution in [0.2, 0.25) is 0 Å². The van der Waals surface area contributed by atoms with Crippen LogP contribution < -0.4 is 10.6 Å². The summed E-state index contributed by atoms with van der Waals surface area (Å²) in [6.07, 6.45) is -1.96. The summed E-state index contributed by atoms with van der Waals surface area (Å²) in [6, 6.07) is 13.9. The number of rotatable bonds is 6. The predicted octanol–water partition coefficient (Wildman–Crippen LogP) is 5.81. The molecule has 2 heterocycles. The van der Waals surface area contributed by atoms with E-state index in [0.717, 1.165) is 21.3 Å². The normalized spacial score (nSPS) is 16.2. The topological polar surface area (TPSA) is 63.2 Å². The smallest absolute Gasteiger partial charge is 0.381 e. The summed E-state index contributed by atoms with van der Waals surface area (Å²) < 4.78 is 61.9. The third-order valence-electron chi connectivity index (χ3n) is 6.08. The van der Waals surface area contributed by atoms with Gasteiger partial charge >= 0.3 is 12.2 Å². The van der Waals surface area contributed by atoms with Crippen LogP contribution in [0.25, 0.3) is 0 Å². The van der Waals surface area contributed by atoms with Crippen LogP contribution in [-0.2, 0) is 22.9 Å². The molecule has 5 nitrogen and oxygen atoms in total. The van der Waals surface area contributed by atoms with Crippen molar-refractivity contribution >= 4 is 28.6 Å². The van der Waals surface area contributed by atoms with Gasteiger partial charge in [0.25, 0.3) is 0 Å². The standard InChI is InChI=1S/C26H24F4IN3O2/c27-20-13-18(12-19(14-20)26(28,29)30)25(15-17-4-2-1-3-5-17,23-7-6-21(31)16-32-23)34-24(35)33-22-8-10-36-11-9-22/h1-7,12-14,16,22H,8-11,15H2,(H2,33,34,35)/t25-/m1/s1. The number of nitrogens with one attached hydrogen (secondary N) is 2. The Morgan fingerprint density at radius 3 is 2.36 bits per heavy atom. The molecular formula is C26H24F4IN3O2. The van der Waals surface area contributed by atoms with Gasteiger partial charge in [0.1, 0.15) is 11.4 Å². The minimum Gasteiger partial charge on any atom is -0.381 e. The van der Waals surface area contributed by atoms with E-state index in [2.05, 4.69) is 38.2 Å². The second kappa shape index (κ2) is 11.1. The minimum absolute atomic E-state index is 0.0450. The molecule has 190 valence electrons. The number of halogens is 5. The van der Waals surface area contributed by atoms with E-state index in [1.54, 1.807) is 42.6 Å². The molecule has 2 aromatic carbocycles. The molecule has 0 unspecified atom stereocenters. The van der Waals surface area contributed by atoms with E-state index < -0.39 is 29.1 Å². The number of hydrogen-bond donors (Lipinski definition) is 2. The Morgan fingerprint density at radius 2 is 1.72 bits per heavy atom. The highest BCUT2D eigenvalue weighted by molar-refractivity contribution is 14.1. The van der Waals surface area contributed by atoms with Crippen LogP contribution in [0.4, 0.5) is 22.4 Å². The molecule has 2 amide bonds. The van der Waals surface area contributed by atoms with Gasteiger partial charge in [-0.1, -0.05) is 30.3 Å². The average molecular weight is 613 g/mol. The van der Waals surface area contributed by atoms with Gasteiger partial charge in [0, 0.05) is 35.4 Å². The highest BCUT2D eigenvalue weighted by atomic mass is 127. The monoisotopic (exact) mass is 613 g/mol. The van der Waals surface area contributed by atoms with Crippen molar-refractivity contribution in [3.63, 3.8) is 0 Å². The van der Waals surface area contributed by atoms with Crippen LogP contribution in [0.5, 0.6) is 0 Å². The molecule has 10 heteroatoms. The quantitative estimate of drug-likeness (QED) is 0.273.